The number of rotatable bonds is 1. The van der Waals surface area contributed by atoms with E-state index in [1.165, 1.54) is 11.1 Å². The topological polar surface area (TPSA) is 50.9 Å². The molecule has 1 aliphatic carbocycles. The number of aliphatic hydroxyl groups excluding tert-OH is 1. The minimum Gasteiger partial charge on any atom is -0.388 e. The molecule has 5 rings (SSSR count). The summed E-state index contributed by atoms with van der Waals surface area (Å²) < 4.78 is 2.22. The van der Waals surface area contributed by atoms with E-state index in [1.54, 1.807) is 0 Å². The van der Waals surface area contributed by atoms with E-state index in [4.69, 9.17) is 0 Å². The van der Waals surface area contributed by atoms with Gasteiger partial charge in [0.05, 0.1) is 30.4 Å². The summed E-state index contributed by atoms with van der Waals surface area (Å²) in [5.74, 6) is 0.142. The molecule has 0 saturated heterocycles. The number of imidazole rings is 1. The smallest absolute Gasteiger partial charge is 0.0956 e. The van der Waals surface area contributed by atoms with Crippen molar-refractivity contribution in [2.75, 3.05) is 0 Å². The van der Waals surface area contributed by atoms with Crippen LogP contribution in [0.4, 0.5) is 0 Å². The number of hydrogen-bond donors (Lipinski definition) is 1. The minimum absolute atomic E-state index is 0.142. The maximum absolute atomic E-state index is 11.0. The molecule has 23 heavy (non-hydrogen) atoms. The van der Waals surface area contributed by atoms with Gasteiger partial charge in [0.2, 0.25) is 0 Å². The van der Waals surface area contributed by atoms with Crippen LogP contribution in [0.5, 0.6) is 0 Å². The Labute approximate surface area is 134 Å². The molecule has 1 aliphatic heterocycles. The van der Waals surface area contributed by atoms with Crippen molar-refractivity contribution in [1.82, 2.24) is 14.5 Å². The zero-order valence-electron chi connectivity index (χ0n) is 12.6. The summed E-state index contributed by atoms with van der Waals surface area (Å²) in [5, 5.41) is 11.0. The number of nitrogens with zero attached hydrogens (tertiary/aromatic N) is 3. The van der Waals surface area contributed by atoms with Gasteiger partial charge in [-0.15, -0.1) is 0 Å². The molecule has 0 spiro atoms. The fraction of sp³-hybridized carbons (Fsp3) is 0.263. The van der Waals surface area contributed by atoms with Crippen LogP contribution < -0.4 is 0 Å². The third-order valence-electron chi connectivity index (χ3n) is 5.29. The predicted octanol–water partition coefficient (Wildman–Crippen LogP) is 3.14. The van der Waals surface area contributed by atoms with Crippen molar-refractivity contribution < 1.29 is 5.11 Å². The summed E-state index contributed by atoms with van der Waals surface area (Å²) in [6, 6.07) is 12.5. The predicted molar refractivity (Wildman–Crippen MR) is 86.8 cm³/mol. The van der Waals surface area contributed by atoms with Crippen molar-refractivity contribution in [3.63, 3.8) is 0 Å². The number of hydrogen-bond acceptors (Lipinski definition) is 3. The highest BCUT2D eigenvalue weighted by molar-refractivity contribution is 5.69. The third kappa shape index (κ3) is 1.75. The Bertz CT molecular complexity index is 886. The third-order valence-corrected chi connectivity index (χ3v) is 5.29. The van der Waals surface area contributed by atoms with Crippen molar-refractivity contribution in [3.8, 4) is 11.3 Å². The number of benzene rings is 1. The Morgan fingerprint density at radius 1 is 1.09 bits per heavy atom. The summed E-state index contributed by atoms with van der Waals surface area (Å²) >= 11 is 0. The second kappa shape index (κ2) is 4.77. The number of aryl methyl sites for hydroxylation is 1. The first kappa shape index (κ1) is 13.0. The van der Waals surface area contributed by atoms with Crippen LogP contribution in [0.15, 0.2) is 55.1 Å². The van der Waals surface area contributed by atoms with Gasteiger partial charge in [-0.25, -0.2) is 4.98 Å². The highest BCUT2D eigenvalue weighted by Gasteiger charge is 2.40. The lowest BCUT2D eigenvalue weighted by Crippen LogP contribution is -2.29. The molecule has 2 aliphatic rings. The molecule has 3 aromatic rings. The van der Waals surface area contributed by atoms with Crippen molar-refractivity contribution in [1.29, 1.82) is 0 Å². The molecule has 0 unspecified atom stereocenters. The summed E-state index contributed by atoms with van der Waals surface area (Å²) in [6.07, 6.45) is 6.99. The van der Waals surface area contributed by atoms with E-state index >= 15 is 0 Å². The number of aromatic nitrogens is 3. The highest BCUT2D eigenvalue weighted by atomic mass is 16.3. The molecule has 0 bridgehead atoms. The number of aliphatic hydroxyl groups is 1. The number of pyridine rings is 1. The Kier molecular flexibility index (Phi) is 2.70. The molecule has 3 heterocycles. The van der Waals surface area contributed by atoms with Crippen LogP contribution in [-0.4, -0.2) is 19.6 Å². The molecule has 4 heteroatoms. The molecule has 0 radical (unpaired) electrons. The Balaban J connectivity index is 1.64. The highest BCUT2D eigenvalue weighted by Crippen LogP contribution is 2.49. The largest absolute Gasteiger partial charge is 0.388 e. The maximum atomic E-state index is 11.0. The second-order valence-corrected chi connectivity index (χ2v) is 6.40. The van der Waals surface area contributed by atoms with Crippen LogP contribution in [0.1, 0.15) is 35.4 Å². The summed E-state index contributed by atoms with van der Waals surface area (Å²) in [5.41, 5.74) is 5.69. The molecule has 4 nitrogen and oxygen atoms in total. The molecule has 0 saturated carbocycles. The molecular weight excluding hydrogens is 286 g/mol. The lowest BCUT2D eigenvalue weighted by molar-refractivity contribution is 0.0710. The van der Waals surface area contributed by atoms with Gasteiger partial charge in [-0.2, -0.15) is 0 Å². The normalized spacial score (nSPS) is 24.8. The first-order valence-electron chi connectivity index (χ1n) is 8.07. The lowest BCUT2D eigenvalue weighted by Gasteiger charge is -2.34. The lowest BCUT2D eigenvalue weighted by atomic mass is 9.77. The Hall–Kier alpha value is -2.46. The van der Waals surface area contributed by atoms with E-state index in [9.17, 15) is 5.11 Å². The SMILES string of the molecule is O[C@@H]1c2cccnc2CC[C@@H]1[C@@H]1c2ccccc2-c2cncn21. The van der Waals surface area contributed by atoms with Gasteiger partial charge in [0.25, 0.3) is 0 Å². The molecular formula is C19H17N3O. The zero-order valence-corrected chi connectivity index (χ0v) is 12.6. The monoisotopic (exact) mass is 303 g/mol. The van der Waals surface area contributed by atoms with E-state index < -0.39 is 6.10 Å². The van der Waals surface area contributed by atoms with Gasteiger partial charge >= 0.3 is 0 Å². The molecule has 1 aromatic carbocycles. The van der Waals surface area contributed by atoms with Crippen LogP contribution in [0.25, 0.3) is 11.3 Å². The van der Waals surface area contributed by atoms with Gasteiger partial charge in [-0.05, 0) is 24.5 Å². The standard InChI is InChI=1S/C19H17N3O/c23-19-14-6-3-9-21-16(14)8-7-15(19)18-13-5-2-1-4-12(13)17-10-20-11-22(17)18/h1-6,9-11,15,18-19,23H,7-8H2/t15-,18+,19-/m1/s1. The van der Waals surface area contributed by atoms with Crippen LogP contribution in [0.3, 0.4) is 0 Å². The fourth-order valence-electron chi connectivity index (χ4n) is 4.26. The molecule has 3 atom stereocenters. The van der Waals surface area contributed by atoms with Crippen molar-refractivity contribution in [2.24, 2.45) is 5.92 Å². The zero-order chi connectivity index (χ0) is 15.4. The summed E-state index contributed by atoms with van der Waals surface area (Å²) in [7, 11) is 0. The van der Waals surface area contributed by atoms with Crippen molar-refractivity contribution in [2.45, 2.75) is 25.0 Å². The summed E-state index contributed by atoms with van der Waals surface area (Å²) in [4.78, 5) is 8.76. The minimum atomic E-state index is -0.487. The van der Waals surface area contributed by atoms with Crippen LogP contribution in [-0.2, 0) is 6.42 Å². The van der Waals surface area contributed by atoms with Gasteiger partial charge in [0, 0.05) is 28.9 Å². The van der Waals surface area contributed by atoms with Gasteiger partial charge in [-0.3, -0.25) is 4.98 Å². The molecule has 2 aromatic heterocycles. The molecule has 0 amide bonds. The second-order valence-electron chi connectivity index (χ2n) is 6.40. The van der Waals surface area contributed by atoms with E-state index in [1.807, 2.05) is 30.9 Å². The Morgan fingerprint density at radius 3 is 2.91 bits per heavy atom. The maximum Gasteiger partial charge on any atom is 0.0956 e. The first-order valence-corrected chi connectivity index (χ1v) is 8.07. The summed E-state index contributed by atoms with van der Waals surface area (Å²) in [6.45, 7) is 0. The first-order chi connectivity index (χ1) is 11.3. The van der Waals surface area contributed by atoms with E-state index in [0.717, 1.165) is 29.8 Å². The average molecular weight is 303 g/mol. The Morgan fingerprint density at radius 2 is 1.96 bits per heavy atom. The fourth-order valence-corrected chi connectivity index (χ4v) is 4.26. The van der Waals surface area contributed by atoms with Gasteiger partial charge in [0.15, 0.2) is 0 Å². The van der Waals surface area contributed by atoms with E-state index in [2.05, 4.69) is 38.8 Å². The quantitative estimate of drug-likeness (QED) is 0.751. The van der Waals surface area contributed by atoms with Gasteiger partial charge in [0.1, 0.15) is 0 Å². The number of fused-ring (bicyclic) bond motifs is 4. The average Bonchev–Trinajstić information content (AvgIpc) is 3.17. The molecule has 114 valence electrons. The molecule has 0 fully saturated rings. The van der Waals surface area contributed by atoms with Crippen molar-refractivity contribution >= 4 is 0 Å². The van der Waals surface area contributed by atoms with E-state index in [0.29, 0.717) is 0 Å². The van der Waals surface area contributed by atoms with Crippen LogP contribution >= 0.6 is 0 Å². The van der Waals surface area contributed by atoms with E-state index in [-0.39, 0.29) is 12.0 Å². The molecule has 1 N–H and O–H groups in total. The van der Waals surface area contributed by atoms with Crippen LogP contribution in [0.2, 0.25) is 0 Å². The van der Waals surface area contributed by atoms with Gasteiger partial charge < -0.3 is 9.67 Å². The van der Waals surface area contributed by atoms with Crippen molar-refractivity contribution in [3.05, 3.63) is 71.9 Å². The van der Waals surface area contributed by atoms with Crippen LogP contribution in [0, 0.1) is 5.92 Å². The van der Waals surface area contributed by atoms with Gasteiger partial charge in [-0.1, -0.05) is 30.3 Å².